The van der Waals surface area contributed by atoms with Crippen molar-refractivity contribution < 1.29 is 23.7 Å². The van der Waals surface area contributed by atoms with Crippen molar-refractivity contribution in [1.82, 2.24) is 10.2 Å². The monoisotopic (exact) mass is 351 g/mol. The number of rotatable bonds is 6. The minimum atomic E-state index is -0.345. The zero-order valence-corrected chi connectivity index (χ0v) is 14.3. The lowest BCUT2D eigenvalue weighted by Gasteiger charge is -2.32. The van der Waals surface area contributed by atoms with E-state index in [1.54, 1.807) is 4.90 Å². The number of quaternary nitrogens is 1. The average molecular weight is 351 g/mol. The molecular weight excluding hydrogens is 327 g/mol. The maximum absolute atomic E-state index is 12.8. The van der Waals surface area contributed by atoms with E-state index in [-0.39, 0.29) is 23.5 Å². The highest BCUT2D eigenvalue weighted by molar-refractivity contribution is 5.91. The molecule has 1 aliphatic heterocycles. The first kappa shape index (κ1) is 18.9. The second kappa shape index (κ2) is 9.12. The summed E-state index contributed by atoms with van der Waals surface area (Å²) in [6.07, 6.45) is 0.292. The Kier molecular flexibility index (Phi) is 6.88. The Morgan fingerprint density at radius 1 is 1.16 bits per heavy atom. The SMILES string of the molecule is CC(=O)NCCC(=O)N1CC[NH+](CC(=O)Nc2ccc(F)cc2)CC1. The first-order valence-electron chi connectivity index (χ1n) is 8.35. The van der Waals surface area contributed by atoms with Crippen LogP contribution in [0.3, 0.4) is 0 Å². The van der Waals surface area contributed by atoms with E-state index in [9.17, 15) is 18.8 Å². The summed E-state index contributed by atoms with van der Waals surface area (Å²) < 4.78 is 12.8. The Bertz CT molecular complexity index is 613. The van der Waals surface area contributed by atoms with E-state index in [0.29, 0.717) is 51.4 Å². The van der Waals surface area contributed by atoms with E-state index in [1.165, 1.54) is 31.2 Å². The fraction of sp³-hybridized carbons (Fsp3) is 0.471. The third kappa shape index (κ3) is 6.50. The van der Waals surface area contributed by atoms with Gasteiger partial charge in [0.05, 0.1) is 26.2 Å². The summed E-state index contributed by atoms with van der Waals surface area (Å²) in [7, 11) is 0. The third-order valence-electron chi connectivity index (χ3n) is 4.07. The molecule has 0 bridgehead atoms. The number of nitrogens with one attached hydrogen (secondary N) is 3. The first-order valence-corrected chi connectivity index (χ1v) is 8.35. The van der Waals surface area contributed by atoms with Crippen LogP contribution in [0, 0.1) is 5.82 Å². The fourth-order valence-electron chi connectivity index (χ4n) is 2.72. The molecule has 0 aliphatic carbocycles. The van der Waals surface area contributed by atoms with Crippen molar-refractivity contribution in [3.05, 3.63) is 30.1 Å². The van der Waals surface area contributed by atoms with Crippen molar-refractivity contribution in [3.63, 3.8) is 0 Å². The highest BCUT2D eigenvalue weighted by Gasteiger charge is 2.24. The predicted octanol–water partition coefficient (Wildman–Crippen LogP) is -0.982. The van der Waals surface area contributed by atoms with E-state index in [1.807, 2.05) is 0 Å². The number of nitrogens with zero attached hydrogens (tertiary/aromatic N) is 1. The lowest BCUT2D eigenvalue weighted by molar-refractivity contribution is -0.895. The van der Waals surface area contributed by atoms with Gasteiger partial charge in [-0.25, -0.2) is 4.39 Å². The summed E-state index contributed by atoms with van der Waals surface area (Å²) in [5.41, 5.74) is 0.567. The number of hydrogen-bond acceptors (Lipinski definition) is 3. The molecule has 136 valence electrons. The summed E-state index contributed by atoms with van der Waals surface area (Å²) in [5.74, 6) is -0.604. The van der Waals surface area contributed by atoms with Crippen LogP contribution >= 0.6 is 0 Å². The van der Waals surface area contributed by atoms with E-state index >= 15 is 0 Å². The number of piperazine rings is 1. The molecule has 25 heavy (non-hydrogen) atoms. The summed E-state index contributed by atoms with van der Waals surface area (Å²) in [6.45, 7) is 4.66. The van der Waals surface area contributed by atoms with E-state index in [4.69, 9.17) is 0 Å². The molecule has 1 heterocycles. The number of benzene rings is 1. The van der Waals surface area contributed by atoms with Gasteiger partial charge in [-0.15, -0.1) is 0 Å². The maximum Gasteiger partial charge on any atom is 0.279 e. The normalized spacial score (nSPS) is 14.9. The van der Waals surface area contributed by atoms with Gasteiger partial charge in [0.25, 0.3) is 5.91 Å². The van der Waals surface area contributed by atoms with Crippen LogP contribution in [0.25, 0.3) is 0 Å². The molecule has 0 aromatic heterocycles. The summed E-state index contributed by atoms with van der Waals surface area (Å²) in [5, 5.41) is 5.35. The van der Waals surface area contributed by atoms with Crippen LogP contribution in [0.15, 0.2) is 24.3 Å². The highest BCUT2D eigenvalue weighted by atomic mass is 19.1. The van der Waals surface area contributed by atoms with Gasteiger partial charge in [-0.1, -0.05) is 0 Å². The fourth-order valence-corrected chi connectivity index (χ4v) is 2.72. The Morgan fingerprint density at radius 3 is 2.40 bits per heavy atom. The average Bonchev–Trinajstić information content (AvgIpc) is 2.57. The first-order chi connectivity index (χ1) is 11.9. The highest BCUT2D eigenvalue weighted by Crippen LogP contribution is 2.07. The van der Waals surface area contributed by atoms with Crippen molar-refractivity contribution in [3.8, 4) is 0 Å². The lowest BCUT2D eigenvalue weighted by Crippen LogP contribution is -3.15. The smallest absolute Gasteiger partial charge is 0.279 e. The lowest BCUT2D eigenvalue weighted by atomic mass is 10.2. The van der Waals surface area contributed by atoms with Crippen molar-refractivity contribution in [2.45, 2.75) is 13.3 Å². The molecule has 1 aromatic rings. The number of anilines is 1. The van der Waals surface area contributed by atoms with E-state index < -0.39 is 0 Å². The number of carbonyl (C=O) groups is 3. The molecule has 0 saturated carbocycles. The second-order valence-electron chi connectivity index (χ2n) is 6.10. The van der Waals surface area contributed by atoms with Crippen LogP contribution in [0.1, 0.15) is 13.3 Å². The number of hydrogen-bond donors (Lipinski definition) is 3. The Morgan fingerprint density at radius 2 is 1.80 bits per heavy atom. The van der Waals surface area contributed by atoms with Crippen LogP contribution in [0.5, 0.6) is 0 Å². The molecule has 0 atom stereocenters. The maximum atomic E-state index is 12.8. The zero-order chi connectivity index (χ0) is 18.2. The number of carbonyl (C=O) groups excluding carboxylic acids is 3. The van der Waals surface area contributed by atoms with E-state index in [0.717, 1.165) is 4.90 Å². The van der Waals surface area contributed by atoms with Crippen LogP contribution in [-0.4, -0.2) is 61.9 Å². The molecule has 3 amide bonds. The second-order valence-corrected chi connectivity index (χ2v) is 6.10. The topological polar surface area (TPSA) is 83.0 Å². The van der Waals surface area contributed by atoms with Crippen LogP contribution < -0.4 is 15.5 Å². The molecule has 1 fully saturated rings. The van der Waals surface area contributed by atoms with Gasteiger partial charge >= 0.3 is 0 Å². The molecule has 8 heteroatoms. The van der Waals surface area contributed by atoms with Crippen molar-refractivity contribution in [2.75, 3.05) is 44.6 Å². The molecule has 7 nitrogen and oxygen atoms in total. The minimum Gasteiger partial charge on any atom is -0.356 e. The van der Waals surface area contributed by atoms with Crippen LogP contribution in [0.2, 0.25) is 0 Å². The molecule has 3 N–H and O–H groups in total. The molecule has 0 unspecified atom stereocenters. The third-order valence-corrected chi connectivity index (χ3v) is 4.07. The molecule has 1 aromatic carbocycles. The van der Waals surface area contributed by atoms with Gasteiger partial charge in [0.1, 0.15) is 5.82 Å². The van der Waals surface area contributed by atoms with Crippen molar-refractivity contribution in [2.24, 2.45) is 0 Å². The Balaban J connectivity index is 1.69. The zero-order valence-electron chi connectivity index (χ0n) is 14.3. The standard InChI is InChI=1S/C17H23FN4O3/c1-13(23)19-7-6-17(25)22-10-8-21(9-11-22)12-16(24)20-15-4-2-14(18)3-5-15/h2-5H,6-12H2,1H3,(H,19,23)(H,20,24)/p+1. The van der Waals surface area contributed by atoms with Gasteiger partial charge < -0.3 is 20.4 Å². The Labute approximate surface area is 146 Å². The van der Waals surface area contributed by atoms with E-state index in [2.05, 4.69) is 10.6 Å². The van der Waals surface area contributed by atoms with Gasteiger partial charge in [0.2, 0.25) is 11.8 Å². The molecule has 1 saturated heterocycles. The van der Waals surface area contributed by atoms with Gasteiger partial charge in [-0.3, -0.25) is 14.4 Å². The summed E-state index contributed by atoms with van der Waals surface area (Å²) >= 11 is 0. The quantitative estimate of drug-likeness (QED) is 0.616. The van der Waals surface area contributed by atoms with Crippen molar-refractivity contribution in [1.29, 1.82) is 0 Å². The largest absolute Gasteiger partial charge is 0.356 e. The van der Waals surface area contributed by atoms with Crippen molar-refractivity contribution >= 4 is 23.4 Å². The molecular formula is C17H24FN4O3+. The van der Waals surface area contributed by atoms with Crippen LogP contribution in [0.4, 0.5) is 10.1 Å². The number of amides is 3. The summed E-state index contributed by atoms with van der Waals surface area (Å²) in [6, 6.07) is 5.64. The molecule has 1 aliphatic rings. The summed E-state index contributed by atoms with van der Waals surface area (Å²) in [4.78, 5) is 37.7. The minimum absolute atomic E-state index is 0.0172. The van der Waals surface area contributed by atoms with Gasteiger partial charge in [0, 0.05) is 25.6 Å². The van der Waals surface area contributed by atoms with Crippen LogP contribution in [-0.2, 0) is 14.4 Å². The Hall–Kier alpha value is -2.48. The molecule has 0 radical (unpaired) electrons. The van der Waals surface area contributed by atoms with Gasteiger partial charge in [-0.05, 0) is 24.3 Å². The van der Waals surface area contributed by atoms with Gasteiger partial charge in [0.15, 0.2) is 6.54 Å². The predicted molar refractivity (Wildman–Crippen MR) is 90.5 cm³/mol. The molecule has 0 spiro atoms. The van der Waals surface area contributed by atoms with Gasteiger partial charge in [-0.2, -0.15) is 0 Å². The number of halogens is 1. The molecule has 2 rings (SSSR count).